The molecule has 5 heteroatoms. The second kappa shape index (κ2) is 6.42. The number of anilines is 2. The van der Waals surface area contributed by atoms with E-state index in [1.165, 1.54) is 0 Å². The summed E-state index contributed by atoms with van der Waals surface area (Å²) in [6.07, 6.45) is 1.51. The van der Waals surface area contributed by atoms with E-state index in [1.54, 1.807) is 24.1 Å². The normalized spacial score (nSPS) is 13.7. The SMILES string of the molecule is CN1C(=O)CCc2cc(CC(=O)Nc3ccccc3Cl)ccc21. The zero-order valence-corrected chi connectivity index (χ0v) is 13.6. The molecule has 0 aliphatic carbocycles. The number of aryl methyl sites for hydroxylation is 1. The third-order valence-electron chi connectivity index (χ3n) is 4.00. The second-order valence-corrected chi connectivity index (χ2v) is 6.03. The number of fused-ring (bicyclic) bond motifs is 1. The third-order valence-corrected chi connectivity index (χ3v) is 4.33. The lowest BCUT2D eigenvalue weighted by molar-refractivity contribution is -0.118. The molecule has 0 bridgehead atoms. The third kappa shape index (κ3) is 3.37. The molecule has 0 spiro atoms. The van der Waals surface area contributed by atoms with Crippen molar-refractivity contribution in [3.63, 3.8) is 0 Å². The molecule has 1 aliphatic heterocycles. The molecule has 0 saturated heterocycles. The first kappa shape index (κ1) is 15.6. The highest BCUT2D eigenvalue weighted by atomic mass is 35.5. The molecule has 0 radical (unpaired) electrons. The van der Waals surface area contributed by atoms with E-state index in [4.69, 9.17) is 11.6 Å². The molecule has 118 valence electrons. The number of amides is 2. The van der Waals surface area contributed by atoms with Crippen LogP contribution < -0.4 is 10.2 Å². The van der Waals surface area contributed by atoms with Crippen molar-refractivity contribution in [3.8, 4) is 0 Å². The summed E-state index contributed by atoms with van der Waals surface area (Å²) in [6.45, 7) is 0. The van der Waals surface area contributed by atoms with Crippen LogP contribution in [0.2, 0.25) is 5.02 Å². The average Bonchev–Trinajstić information content (AvgIpc) is 2.53. The summed E-state index contributed by atoms with van der Waals surface area (Å²) >= 11 is 6.04. The maximum Gasteiger partial charge on any atom is 0.228 e. The average molecular weight is 329 g/mol. The summed E-state index contributed by atoms with van der Waals surface area (Å²) in [6, 6.07) is 13.0. The predicted octanol–water partition coefficient (Wildman–Crippen LogP) is 3.43. The Hall–Kier alpha value is -2.33. The van der Waals surface area contributed by atoms with Gasteiger partial charge in [0, 0.05) is 19.2 Å². The van der Waals surface area contributed by atoms with Gasteiger partial charge in [-0.2, -0.15) is 0 Å². The quantitative estimate of drug-likeness (QED) is 0.938. The topological polar surface area (TPSA) is 49.4 Å². The van der Waals surface area contributed by atoms with Crippen LogP contribution in [0.15, 0.2) is 42.5 Å². The van der Waals surface area contributed by atoms with Crippen LogP contribution in [0.5, 0.6) is 0 Å². The molecule has 0 unspecified atom stereocenters. The maximum absolute atomic E-state index is 12.2. The molecule has 23 heavy (non-hydrogen) atoms. The van der Waals surface area contributed by atoms with Crippen LogP contribution >= 0.6 is 11.6 Å². The molecule has 2 amide bonds. The van der Waals surface area contributed by atoms with Gasteiger partial charge in [-0.1, -0.05) is 35.9 Å². The van der Waals surface area contributed by atoms with Gasteiger partial charge in [0.1, 0.15) is 0 Å². The lowest BCUT2D eigenvalue weighted by Gasteiger charge is -2.26. The highest BCUT2D eigenvalue weighted by molar-refractivity contribution is 6.33. The number of hydrogen-bond donors (Lipinski definition) is 1. The van der Waals surface area contributed by atoms with E-state index in [-0.39, 0.29) is 18.2 Å². The summed E-state index contributed by atoms with van der Waals surface area (Å²) in [5.74, 6) is 0.0139. The Balaban J connectivity index is 1.72. The van der Waals surface area contributed by atoms with Gasteiger partial charge in [-0.15, -0.1) is 0 Å². The fourth-order valence-corrected chi connectivity index (χ4v) is 2.95. The van der Waals surface area contributed by atoms with Crippen molar-refractivity contribution >= 4 is 34.8 Å². The van der Waals surface area contributed by atoms with Gasteiger partial charge in [-0.05, 0) is 35.7 Å². The van der Waals surface area contributed by atoms with E-state index < -0.39 is 0 Å². The van der Waals surface area contributed by atoms with E-state index >= 15 is 0 Å². The minimum absolute atomic E-state index is 0.113. The van der Waals surface area contributed by atoms with E-state index in [9.17, 15) is 9.59 Å². The van der Waals surface area contributed by atoms with Gasteiger partial charge in [0.05, 0.1) is 17.1 Å². The molecular formula is C18H17ClN2O2. The first-order chi connectivity index (χ1) is 11.0. The number of nitrogens with zero attached hydrogens (tertiary/aromatic N) is 1. The van der Waals surface area contributed by atoms with Gasteiger partial charge in [0.2, 0.25) is 11.8 Å². The van der Waals surface area contributed by atoms with Crippen LogP contribution in [0.1, 0.15) is 17.5 Å². The highest BCUT2D eigenvalue weighted by Crippen LogP contribution is 2.28. The second-order valence-electron chi connectivity index (χ2n) is 5.62. The Morgan fingerprint density at radius 1 is 1.22 bits per heavy atom. The Labute approximate surface area is 140 Å². The van der Waals surface area contributed by atoms with Gasteiger partial charge in [0.25, 0.3) is 0 Å². The molecule has 0 aromatic heterocycles. The fourth-order valence-electron chi connectivity index (χ4n) is 2.76. The molecular weight excluding hydrogens is 312 g/mol. The van der Waals surface area contributed by atoms with Crippen LogP contribution in [0, 0.1) is 0 Å². The zero-order valence-electron chi connectivity index (χ0n) is 12.8. The minimum atomic E-state index is -0.113. The van der Waals surface area contributed by atoms with E-state index in [0.717, 1.165) is 23.2 Å². The molecule has 2 aromatic rings. The predicted molar refractivity (Wildman–Crippen MR) is 92.0 cm³/mol. The largest absolute Gasteiger partial charge is 0.324 e. The number of para-hydroxylation sites is 1. The highest BCUT2D eigenvalue weighted by Gasteiger charge is 2.21. The van der Waals surface area contributed by atoms with Gasteiger partial charge >= 0.3 is 0 Å². The lowest BCUT2D eigenvalue weighted by atomic mass is 9.98. The lowest BCUT2D eigenvalue weighted by Crippen LogP contribution is -2.31. The van der Waals surface area contributed by atoms with E-state index in [0.29, 0.717) is 17.1 Å². The van der Waals surface area contributed by atoms with Crippen molar-refractivity contribution in [1.82, 2.24) is 0 Å². The van der Waals surface area contributed by atoms with Gasteiger partial charge in [-0.3, -0.25) is 9.59 Å². The molecule has 0 fully saturated rings. The van der Waals surface area contributed by atoms with Crippen LogP contribution in [-0.2, 0) is 22.4 Å². The van der Waals surface area contributed by atoms with Crippen LogP contribution in [0.25, 0.3) is 0 Å². The fraction of sp³-hybridized carbons (Fsp3) is 0.222. The van der Waals surface area contributed by atoms with E-state index in [2.05, 4.69) is 5.32 Å². The van der Waals surface area contributed by atoms with E-state index in [1.807, 2.05) is 30.3 Å². The zero-order chi connectivity index (χ0) is 16.4. The van der Waals surface area contributed by atoms with Crippen LogP contribution in [-0.4, -0.2) is 18.9 Å². The Bertz CT molecular complexity index is 773. The summed E-state index contributed by atoms with van der Waals surface area (Å²) in [7, 11) is 1.78. The number of nitrogens with one attached hydrogen (secondary N) is 1. The van der Waals surface area contributed by atoms with Crippen molar-refractivity contribution in [2.75, 3.05) is 17.3 Å². The number of carbonyl (C=O) groups excluding carboxylic acids is 2. The van der Waals surface area contributed by atoms with Gasteiger partial charge in [-0.25, -0.2) is 0 Å². The minimum Gasteiger partial charge on any atom is -0.324 e. The Kier molecular flexibility index (Phi) is 4.35. The molecule has 2 aromatic carbocycles. The van der Waals surface area contributed by atoms with Crippen molar-refractivity contribution < 1.29 is 9.59 Å². The summed E-state index contributed by atoms with van der Waals surface area (Å²) in [4.78, 5) is 25.6. The van der Waals surface area contributed by atoms with Crippen molar-refractivity contribution in [2.45, 2.75) is 19.3 Å². The smallest absolute Gasteiger partial charge is 0.228 e. The monoisotopic (exact) mass is 328 g/mol. The summed E-state index contributed by atoms with van der Waals surface area (Å²) in [5.41, 5.74) is 3.57. The first-order valence-electron chi connectivity index (χ1n) is 7.47. The number of halogens is 1. The molecule has 0 atom stereocenters. The first-order valence-corrected chi connectivity index (χ1v) is 7.85. The van der Waals surface area contributed by atoms with Gasteiger partial charge < -0.3 is 10.2 Å². The maximum atomic E-state index is 12.2. The summed E-state index contributed by atoms with van der Waals surface area (Å²) < 4.78 is 0. The number of rotatable bonds is 3. The van der Waals surface area contributed by atoms with Crippen molar-refractivity contribution in [3.05, 3.63) is 58.6 Å². The van der Waals surface area contributed by atoms with Crippen LogP contribution in [0.3, 0.4) is 0 Å². The summed E-state index contributed by atoms with van der Waals surface area (Å²) in [5, 5.41) is 3.34. The number of hydrogen-bond acceptors (Lipinski definition) is 2. The number of benzene rings is 2. The molecule has 1 aliphatic rings. The molecule has 3 rings (SSSR count). The molecule has 0 saturated carbocycles. The molecule has 1 heterocycles. The molecule has 4 nitrogen and oxygen atoms in total. The number of carbonyl (C=O) groups is 2. The van der Waals surface area contributed by atoms with Crippen molar-refractivity contribution in [2.24, 2.45) is 0 Å². The van der Waals surface area contributed by atoms with Crippen LogP contribution in [0.4, 0.5) is 11.4 Å². The van der Waals surface area contributed by atoms with Crippen molar-refractivity contribution in [1.29, 1.82) is 0 Å². The van der Waals surface area contributed by atoms with Gasteiger partial charge in [0.15, 0.2) is 0 Å². The standard InChI is InChI=1S/C18H17ClN2O2/c1-21-16-8-6-12(10-13(16)7-9-18(21)23)11-17(22)20-15-5-3-2-4-14(15)19/h2-6,8,10H,7,9,11H2,1H3,(H,20,22). The Morgan fingerprint density at radius 2 is 2.00 bits per heavy atom. The molecule has 1 N–H and O–H groups in total. The Morgan fingerprint density at radius 3 is 2.78 bits per heavy atom.